The van der Waals surface area contributed by atoms with Crippen molar-refractivity contribution in [1.29, 1.82) is 0 Å². The Kier molecular flexibility index (Phi) is 789. The Balaban J connectivity index is -0.00000000667. The van der Waals surface area contributed by atoms with Gasteiger partial charge in [0.15, 0.2) is 0 Å². The molecule has 0 aliphatic rings. The monoisotopic (exact) mass is 105 g/mol. The van der Waals surface area contributed by atoms with Crippen molar-refractivity contribution in [3.05, 3.63) is 0 Å². The zero-order valence-corrected chi connectivity index (χ0v) is 2.70. The molecule has 0 atom stereocenters. The first-order valence-electron chi connectivity index (χ1n) is 0.516. The smallest absolute Gasteiger partial charge is 0.429 e. The molecule has 0 spiro atoms. The van der Waals surface area contributed by atoms with Crippen LogP contribution in [0.1, 0.15) is 0 Å². The second-order valence-corrected chi connectivity index (χ2v) is 0.115. The van der Waals surface area contributed by atoms with E-state index in [4.69, 9.17) is 10.0 Å². The molecule has 0 rings (SSSR count). The molecule has 0 aromatic carbocycles. The van der Waals surface area contributed by atoms with Crippen LogP contribution >= 0.6 is 0 Å². The van der Waals surface area contributed by atoms with Crippen LogP contribution in [0.25, 0.3) is 0 Å². The Morgan fingerprint density at radius 2 is 0.833 bits per heavy atom. The predicted octanol–water partition coefficient (Wildman–Crippen LogP) is -1.04. The highest BCUT2D eigenvalue weighted by Crippen LogP contribution is 1.08. The number of halogens is 3. The van der Waals surface area contributed by atoms with Gasteiger partial charge in [-0.05, 0) is 0 Å². The molecule has 0 bridgehead atoms. The van der Waals surface area contributed by atoms with Gasteiger partial charge in [0.25, 0.3) is 0 Å². The fourth-order valence-corrected chi connectivity index (χ4v) is 0. The molecule has 2 N–H and O–H groups in total. The average molecular weight is 105 g/mol. The van der Waals surface area contributed by atoms with Gasteiger partial charge in [-0.15, -0.1) is 0 Å². The lowest BCUT2D eigenvalue weighted by molar-refractivity contribution is 0.448. The maximum atomic E-state index is 7.00. The van der Waals surface area contributed by atoms with Crippen LogP contribution < -0.4 is 0 Å². The highest BCUT2D eigenvalue weighted by molar-refractivity contribution is 6.13. The largest absolute Gasteiger partial charge is 0.482 e. The third-order valence-electron chi connectivity index (χ3n) is 0. The number of hydrogen-bond acceptors (Lipinski definition) is 2. The van der Waals surface area contributed by atoms with E-state index in [9.17, 15) is 0 Å². The molecule has 6 heavy (non-hydrogen) atoms. The minimum Gasteiger partial charge on any atom is -0.429 e. The predicted molar refractivity (Wildman–Crippen MR) is 17.7 cm³/mol. The van der Waals surface area contributed by atoms with E-state index in [0.717, 1.165) is 0 Å². The summed E-state index contributed by atoms with van der Waals surface area (Å²) in [4.78, 5) is 0. The summed E-state index contributed by atoms with van der Waals surface area (Å²) in [5.41, 5.74) is 0. The zero-order chi connectivity index (χ0) is 2.71. The van der Waals surface area contributed by atoms with Crippen molar-refractivity contribution < 1.29 is 24.2 Å². The maximum Gasteiger partial charge on any atom is 0.482 e. The summed E-state index contributed by atoms with van der Waals surface area (Å²) in [5, 5.41) is 14.0. The van der Waals surface area contributed by atoms with Crippen LogP contribution in [0.15, 0.2) is 0 Å². The molecular formula is H5BF3O2. The Morgan fingerprint density at radius 3 is 0.833 bits per heavy atom. The third kappa shape index (κ3) is 574. The normalized spacial score (nSPS) is 2.33. The Labute approximate surface area is 33.2 Å². The van der Waals surface area contributed by atoms with Gasteiger partial charge in [0.05, 0.1) is 0 Å². The van der Waals surface area contributed by atoms with Crippen molar-refractivity contribution in [2.75, 3.05) is 0 Å². The van der Waals surface area contributed by atoms with Gasteiger partial charge in [0.1, 0.15) is 0 Å². The molecule has 41 valence electrons. The zero-order valence-electron chi connectivity index (χ0n) is 2.70. The lowest BCUT2D eigenvalue weighted by Crippen LogP contribution is -1.75. The highest BCUT2D eigenvalue weighted by Gasteiger charge is 1.51. The molecule has 2 nitrogen and oxygen atoms in total. The molecule has 1 radical (unpaired) electrons. The Hall–Kier alpha value is -0.225. The van der Waals surface area contributed by atoms with Crippen molar-refractivity contribution in [2.45, 2.75) is 0 Å². The van der Waals surface area contributed by atoms with Gasteiger partial charge in [0, 0.05) is 0 Å². The van der Waals surface area contributed by atoms with Crippen molar-refractivity contribution in [2.24, 2.45) is 0 Å². The minimum absolute atomic E-state index is 0. The van der Waals surface area contributed by atoms with E-state index >= 15 is 0 Å². The fraction of sp³-hybridized carbons (Fsp3) is 0. The lowest BCUT2D eigenvalue weighted by atomic mass is 10.5. The first-order chi connectivity index (χ1) is 1.41. The molecular weight excluding hydrogens is 99.8 g/mol. The van der Waals surface area contributed by atoms with Crippen LogP contribution in [-0.4, -0.2) is 17.7 Å². The summed E-state index contributed by atoms with van der Waals surface area (Å²) in [7, 11) is 0. The molecule has 6 heteroatoms. The first-order valence-corrected chi connectivity index (χ1v) is 0.516. The second-order valence-electron chi connectivity index (χ2n) is 0.115. The molecule has 0 aromatic rings. The van der Waals surface area contributed by atoms with E-state index in [1.807, 2.05) is 0 Å². The standard InChI is InChI=1S/BH2O2.3FH/c2-1-3;;;/h2-3H;3*1H. The van der Waals surface area contributed by atoms with Gasteiger partial charge in [0.2, 0.25) is 0 Å². The van der Waals surface area contributed by atoms with Crippen LogP contribution in [0.3, 0.4) is 0 Å². The number of hydrogen-bond donors (Lipinski definition) is 2. The van der Waals surface area contributed by atoms with E-state index in [2.05, 4.69) is 0 Å². The van der Waals surface area contributed by atoms with E-state index in [0.29, 0.717) is 0 Å². The molecule has 0 aliphatic carbocycles. The van der Waals surface area contributed by atoms with Crippen LogP contribution in [0.2, 0.25) is 0 Å². The van der Waals surface area contributed by atoms with Gasteiger partial charge in [-0.3, -0.25) is 14.1 Å². The molecule has 0 aromatic heterocycles. The molecule has 0 saturated carbocycles. The maximum absolute atomic E-state index is 7.00. The van der Waals surface area contributed by atoms with E-state index in [-0.39, 0.29) is 21.8 Å². The molecule has 0 saturated heterocycles. The highest BCUT2D eigenvalue weighted by atomic mass is 19.0. The van der Waals surface area contributed by atoms with Crippen LogP contribution in [0.5, 0.6) is 0 Å². The van der Waals surface area contributed by atoms with E-state index < -0.39 is 0 Å². The van der Waals surface area contributed by atoms with Crippen LogP contribution in [0.4, 0.5) is 14.1 Å². The molecule has 0 fully saturated rings. The summed E-state index contributed by atoms with van der Waals surface area (Å²) in [5.74, 6) is 0. The molecule has 0 heterocycles. The average Bonchev–Trinajstić information content (AvgIpc) is 0.918. The molecule has 0 unspecified atom stereocenters. The summed E-state index contributed by atoms with van der Waals surface area (Å²) in [6.07, 6.45) is 0. The van der Waals surface area contributed by atoms with Crippen molar-refractivity contribution in [3.8, 4) is 0 Å². The minimum atomic E-state index is 0. The van der Waals surface area contributed by atoms with Crippen molar-refractivity contribution in [1.82, 2.24) is 0 Å². The third-order valence-corrected chi connectivity index (χ3v) is 0. The lowest BCUT2D eigenvalue weighted by Gasteiger charge is -1.46. The van der Waals surface area contributed by atoms with Gasteiger partial charge in [-0.1, -0.05) is 0 Å². The van der Waals surface area contributed by atoms with Crippen molar-refractivity contribution in [3.63, 3.8) is 0 Å². The number of rotatable bonds is 0. The molecule has 0 amide bonds. The summed E-state index contributed by atoms with van der Waals surface area (Å²) < 4.78 is 0. The van der Waals surface area contributed by atoms with Gasteiger partial charge in [-0.2, -0.15) is 0 Å². The van der Waals surface area contributed by atoms with E-state index in [1.165, 1.54) is 0 Å². The summed E-state index contributed by atoms with van der Waals surface area (Å²) >= 11 is 0. The SMILES string of the molecule is F.F.F.O[B]O. The molecule has 0 aliphatic heterocycles. The van der Waals surface area contributed by atoms with Crippen molar-refractivity contribution >= 4 is 7.69 Å². The second kappa shape index (κ2) is 113. The van der Waals surface area contributed by atoms with Gasteiger partial charge < -0.3 is 10.0 Å². The summed E-state index contributed by atoms with van der Waals surface area (Å²) in [6, 6.07) is 0. The van der Waals surface area contributed by atoms with Crippen LogP contribution in [-0.2, 0) is 0 Å². The quantitative estimate of drug-likeness (QED) is 0.386. The van der Waals surface area contributed by atoms with Gasteiger partial charge in [-0.25, -0.2) is 0 Å². The summed E-state index contributed by atoms with van der Waals surface area (Å²) in [6.45, 7) is 0. The Bertz CT molecular complexity index is 8.75. The first kappa shape index (κ1) is 41.8. The van der Waals surface area contributed by atoms with E-state index in [1.54, 1.807) is 0 Å². The fourth-order valence-electron chi connectivity index (χ4n) is 0. The van der Waals surface area contributed by atoms with Gasteiger partial charge >= 0.3 is 7.69 Å². The topological polar surface area (TPSA) is 40.5 Å². The van der Waals surface area contributed by atoms with Crippen LogP contribution in [0, 0.1) is 0 Å². The Morgan fingerprint density at radius 1 is 0.833 bits per heavy atom.